The van der Waals surface area contributed by atoms with Crippen molar-refractivity contribution in [1.82, 2.24) is 10.2 Å². The van der Waals surface area contributed by atoms with Crippen LogP contribution in [0, 0.1) is 11.3 Å². The van der Waals surface area contributed by atoms with Gasteiger partial charge in [0.1, 0.15) is 16.5 Å². The minimum atomic E-state index is -0.707. The molecule has 5 rings (SSSR count). The minimum Gasteiger partial charge on any atom is -0.490 e. The van der Waals surface area contributed by atoms with Gasteiger partial charge >= 0.3 is 5.97 Å². The molecular weight excluding hydrogens is 615 g/mol. The zero-order valence-electron chi connectivity index (χ0n) is 19.6. The molecule has 0 aliphatic carbocycles. The first-order valence-electron chi connectivity index (χ1n) is 11.2. The number of nitriles is 1. The molecule has 192 valence electrons. The molecule has 4 aromatic rings. The standard InChI is InChI=1S/C26H17BrCl2N4O4S/c1-2-35-18-9-12(8-16(27)23(18)36-26(34)19-4-3-7-38-19)20-15(11-30)24(31)37-25-21(20)22(32-33-25)14-6-5-13(28)10-17(14)29/h3-10,20H,2,31H2,1H3,(H,32,33)/t20-/m1/s1. The largest absolute Gasteiger partial charge is 0.490 e. The van der Waals surface area contributed by atoms with Gasteiger partial charge in [-0.2, -0.15) is 5.26 Å². The fraction of sp³-hybridized carbons (Fsp3) is 0.115. The number of halogens is 3. The molecule has 1 aliphatic heterocycles. The first kappa shape index (κ1) is 26.1. The smallest absolute Gasteiger partial charge is 0.353 e. The number of allylic oxidation sites excluding steroid dienone is 1. The molecule has 2 aromatic carbocycles. The Morgan fingerprint density at radius 2 is 2.13 bits per heavy atom. The molecule has 12 heteroatoms. The summed E-state index contributed by atoms with van der Waals surface area (Å²) in [6, 6.07) is 14.1. The normalized spacial score (nSPS) is 14.4. The molecule has 1 aliphatic rings. The molecule has 0 fully saturated rings. The van der Waals surface area contributed by atoms with Gasteiger partial charge in [-0.3, -0.25) is 5.10 Å². The number of fused-ring (bicyclic) bond motifs is 1. The van der Waals surface area contributed by atoms with Gasteiger partial charge in [-0.1, -0.05) is 29.3 Å². The first-order valence-corrected chi connectivity index (χ1v) is 13.6. The molecule has 0 radical (unpaired) electrons. The molecule has 38 heavy (non-hydrogen) atoms. The number of hydrogen-bond acceptors (Lipinski definition) is 8. The van der Waals surface area contributed by atoms with E-state index < -0.39 is 11.9 Å². The lowest BCUT2D eigenvalue weighted by Crippen LogP contribution is -2.21. The summed E-state index contributed by atoms with van der Waals surface area (Å²) < 4.78 is 17.7. The van der Waals surface area contributed by atoms with Crippen LogP contribution >= 0.6 is 50.5 Å². The van der Waals surface area contributed by atoms with Crippen LogP contribution in [0.25, 0.3) is 11.3 Å². The minimum absolute atomic E-state index is 0.0764. The van der Waals surface area contributed by atoms with Crippen LogP contribution in [-0.4, -0.2) is 22.8 Å². The Balaban J connectivity index is 1.66. The number of aromatic amines is 1. The lowest BCUT2D eigenvalue weighted by atomic mass is 9.83. The van der Waals surface area contributed by atoms with Crippen molar-refractivity contribution in [1.29, 1.82) is 5.26 Å². The van der Waals surface area contributed by atoms with Crippen molar-refractivity contribution in [3.63, 3.8) is 0 Å². The van der Waals surface area contributed by atoms with Gasteiger partial charge in [0.2, 0.25) is 11.8 Å². The van der Waals surface area contributed by atoms with E-state index in [2.05, 4.69) is 32.2 Å². The maximum absolute atomic E-state index is 12.7. The number of H-pyrrole nitrogens is 1. The second-order valence-electron chi connectivity index (χ2n) is 8.00. The highest BCUT2D eigenvalue weighted by molar-refractivity contribution is 9.10. The molecule has 0 amide bonds. The fourth-order valence-electron chi connectivity index (χ4n) is 4.13. The quantitative estimate of drug-likeness (QED) is 0.173. The summed E-state index contributed by atoms with van der Waals surface area (Å²) in [6.07, 6.45) is 0. The Labute approximate surface area is 239 Å². The maximum atomic E-state index is 12.7. The van der Waals surface area contributed by atoms with Crippen molar-refractivity contribution in [2.45, 2.75) is 12.8 Å². The number of thiophene rings is 1. The van der Waals surface area contributed by atoms with E-state index in [0.29, 0.717) is 54.1 Å². The van der Waals surface area contributed by atoms with E-state index in [1.165, 1.54) is 11.3 Å². The summed E-state index contributed by atoms with van der Waals surface area (Å²) in [6.45, 7) is 2.12. The number of ether oxygens (including phenoxy) is 3. The average molecular weight is 632 g/mol. The first-order chi connectivity index (χ1) is 18.3. The SMILES string of the molecule is CCOc1cc([C@@H]2C(C#N)=C(N)Oc3n[nH]c(-c4ccc(Cl)cc4Cl)c32)cc(Br)c1OC(=O)c1cccs1. The number of esters is 1. The summed E-state index contributed by atoms with van der Waals surface area (Å²) in [4.78, 5) is 13.1. The monoisotopic (exact) mass is 630 g/mol. The molecule has 0 bridgehead atoms. The Hall–Kier alpha value is -3.49. The van der Waals surface area contributed by atoms with E-state index in [0.717, 1.165) is 0 Å². The van der Waals surface area contributed by atoms with Crippen molar-refractivity contribution in [3.8, 4) is 34.7 Å². The van der Waals surface area contributed by atoms with Gasteiger partial charge in [0.15, 0.2) is 11.5 Å². The Morgan fingerprint density at radius 3 is 2.82 bits per heavy atom. The third-order valence-electron chi connectivity index (χ3n) is 5.72. The molecule has 0 unspecified atom stereocenters. The van der Waals surface area contributed by atoms with Crippen LogP contribution in [0.4, 0.5) is 0 Å². The molecule has 0 saturated carbocycles. The second-order valence-corrected chi connectivity index (χ2v) is 10.6. The third kappa shape index (κ3) is 4.74. The summed E-state index contributed by atoms with van der Waals surface area (Å²) in [5.41, 5.74) is 8.63. The predicted molar refractivity (Wildman–Crippen MR) is 148 cm³/mol. The van der Waals surface area contributed by atoms with Crippen LogP contribution in [0.1, 0.15) is 33.6 Å². The molecule has 0 saturated heterocycles. The number of aromatic nitrogens is 2. The number of carbonyl (C=O) groups is 1. The van der Waals surface area contributed by atoms with E-state index in [-0.39, 0.29) is 23.1 Å². The zero-order valence-corrected chi connectivity index (χ0v) is 23.5. The topological polar surface area (TPSA) is 123 Å². The van der Waals surface area contributed by atoms with Crippen LogP contribution in [-0.2, 0) is 0 Å². The van der Waals surface area contributed by atoms with Gasteiger partial charge in [0.25, 0.3) is 0 Å². The highest BCUT2D eigenvalue weighted by Gasteiger charge is 2.37. The summed E-state index contributed by atoms with van der Waals surface area (Å²) in [5, 5.41) is 20.0. The highest BCUT2D eigenvalue weighted by Crippen LogP contribution is 2.49. The fourth-order valence-corrected chi connectivity index (χ4v) is 5.77. The molecule has 8 nitrogen and oxygen atoms in total. The van der Waals surface area contributed by atoms with Crippen molar-refractivity contribution in [3.05, 3.63) is 89.8 Å². The van der Waals surface area contributed by atoms with Gasteiger partial charge in [-0.05, 0) is 70.2 Å². The van der Waals surface area contributed by atoms with Crippen molar-refractivity contribution in [2.75, 3.05) is 6.61 Å². The summed E-state index contributed by atoms with van der Waals surface area (Å²) in [5.74, 6) is -0.576. The average Bonchev–Trinajstić information content (AvgIpc) is 3.56. The van der Waals surface area contributed by atoms with E-state index in [9.17, 15) is 10.1 Å². The van der Waals surface area contributed by atoms with Crippen molar-refractivity contribution >= 4 is 56.4 Å². The van der Waals surface area contributed by atoms with Crippen LogP contribution in [0.5, 0.6) is 17.4 Å². The molecular formula is C26H17BrCl2N4O4S. The van der Waals surface area contributed by atoms with Crippen molar-refractivity contribution in [2.24, 2.45) is 5.73 Å². The number of nitrogens with two attached hydrogens (primary N) is 1. The second kappa shape index (κ2) is 10.7. The van der Waals surface area contributed by atoms with Gasteiger partial charge < -0.3 is 19.9 Å². The molecule has 3 N–H and O–H groups in total. The number of nitrogens with one attached hydrogen (secondary N) is 1. The molecule has 2 aromatic heterocycles. The Bertz CT molecular complexity index is 1630. The van der Waals surface area contributed by atoms with Crippen molar-refractivity contribution < 1.29 is 19.0 Å². The van der Waals surface area contributed by atoms with E-state index in [4.69, 9.17) is 43.1 Å². The van der Waals surface area contributed by atoms with Gasteiger partial charge in [-0.25, -0.2) is 4.79 Å². The van der Waals surface area contributed by atoms with Crippen LogP contribution in [0.3, 0.4) is 0 Å². The predicted octanol–water partition coefficient (Wildman–Crippen LogP) is 7.04. The Kier molecular flexibility index (Phi) is 7.36. The number of carbonyl (C=O) groups excluding carboxylic acids is 1. The van der Waals surface area contributed by atoms with E-state index >= 15 is 0 Å². The lowest BCUT2D eigenvalue weighted by Gasteiger charge is -2.25. The van der Waals surface area contributed by atoms with Crippen LogP contribution in [0.15, 0.2) is 63.8 Å². The van der Waals surface area contributed by atoms with Crippen LogP contribution < -0.4 is 19.9 Å². The summed E-state index contributed by atoms with van der Waals surface area (Å²) in [7, 11) is 0. The highest BCUT2D eigenvalue weighted by atomic mass is 79.9. The van der Waals surface area contributed by atoms with Crippen LogP contribution in [0.2, 0.25) is 10.0 Å². The third-order valence-corrected chi connectivity index (χ3v) is 7.71. The molecule has 0 spiro atoms. The number of benzene rings is 2. The van der Waals surface area contributed by atoms with Gasteiger partial charge in [0.05, 0.1) is 33.3 Å². The number of nitrogens with zero attached hydrogens (tertiary/aromatic N) is 2. The molecule has 1 atom stereocenters. The molecule has 3 heterocycles. The van der Waals surface area contributed by atoms with E-state index in [1.807, 2.05) is 6.92 Å². The summed E-state index contributed by atoms with van der Waals surface area (Å²) >= 11 is 17.4. The van der Waals surface area contributed by atoms with E-state index in [1.54, 1.807) is 47.8 Å². The number of hydrogen-bond donors (Lipinski definition) is 2. The van der Waals surface area contributed by atoms with Gasteiger partial charge in [-0.15, -0.1) is 16.4 Å². The van der Waals surface area contributed by atoms with Gasteiger partial charge in [0, 0.05) is 10.6 Å². The lowest BCUT2D eigenvalue weighted by molar-refractivity contribution is 0.0732. The zero-order chi connectivity index (χ0) is 27.0. The number of rotatable bonds is 6. The Morgan fingerprint density at radius 1 is 1.32 bits per heavy atom. The maximum Gasteiger partial charge on any atom is 0.353 e.